The van der Waals surface area contributed by atoms with Gasteiger partial charge in [-0.3, -0.25) is 4.79 Å². The lowest BCUT2D eigenvalue weighted by Crippen LogP contribution is -2.59. The van der Waals surface area contributed by atoms with Crippen LogP contribution in [0.5, 0.6) is 0 Å². The first-order valence-corrected chi connectivity index (χ1v) is 9.29. The highest BCUT2D eigenvalue weighted by molar-refractivity contribution is 5.92. The van der Waals surface area contributed by atoms with Gasteiger partial charge in [-0.15, -0.1) is 0 Å². The van der Waals surface area contributed by atoms with Gasteiger partial charge < -0.3 is 20.3 Å². The van der Waals surface area contributed by atoms with Gasteiger partial charge in [0.15, 0.2) is 11.6 Å². The highest BCUT2D eigenvalue weighted by atomic mass is 19.1. The van der Waals surface area contributed by atoms with Crippen molar-refractivity contribution in [3.05, 3.63) is 33.9 Å². The summed E-state index contributed by atoms with van der Waals surface area (Å²) in [6.45, 7) is 3.11. The predicted molar refractivity (Wildman–Crippen MR) is 97.6 cm³/mol. The summed E-state index contributed by atoms with van der Waals surface area (Å²) in [5, 5.41) is 9.45. The van der Waals surface area contributed by atoms with Gasteiger partial charge in [0, 0.05) is 30.9 Å². The molecule has 142 valence electrons. The smallest absolute Gasteiger partial charge is 0.341 e. The maximum atomic E-state index is 14.8. The number of hydrogen-bond acceptors (Lipinski definition) is 5. The fourth-order valence-electron chi connectivity index (χ4n) is 4.84. The van der Waals surface area contributed by atoms with Crippen LogP contribution in [0.25, 0.3) is 11.0 Å². The highest BCUT2D eigenvalue weighted by Gasteiger charge is 2.58. The second-order valence-corrected chi connectivity index (χ2v) is 8.46. The van der Waals surface area contributed by atoms with Crippen LogP contribution in [0.1, 0.15) is 36.5 Å². The third-order valence-electron chi connectivity index (χ3n) is 6.63. The Morgan fingerprint density at radius 2 is 2.07 bits per heavy atom. The molecule has 2 aromatic heterocycles. The van der Waals surface area contributed by atoms with Gasteiger partial charge in [0.1, 0.15) is 11.2 Å². The van der Waals surface area contributed by atoms with Crippen molar-refractivity contribution < 1.29 is 14.3 Å². The Morgan fingerprint density at radius 1 is 1.37 bits per heavy atom. The molecule has 2 aromatic rings. The largest absolute Gasteiger partial charge is 0.477 e. The number of fused-ring (bicyclic) bond motifs is 1. The van der Waals surface area contributed by atoms with Crippen LogP contribution in [0.2, 0.25) is 0 Å². The normalized spacial score (nSPS) is 31.7. The van der Waals surface area contributed by atoms with E-state index < -0.39 is 17.2 Å². The molecule has 3 heterocycles. The molecular formula is C19H21FN4O3. The summed E-state index contributed by atoms with van der Waals surface area (Å²) in [6, 6.07) is 1.08. The summed E-state index contributed by atoms with van der Waals surface area (Å²) in [5.41, 5.74) is 5.23. The maximum absolute atomic E-state index is 14.8. The second-order valence-electron chi connectivity index (χ2n) is 8.46. The molecule has 3 aliphatic carbocycles. The van der Waals surface area contributed by atoms with Crippen LogP contribution in [-0.2, 0) is 5.54 Å². The average molecular weight is 372 g/mol. The number of aromatic carboxylic acids is 1. The monoisotopic (exact) mass is 372 g/mol. The summed E-state index contributed by atoms with van der Waals surface area (Å²) < 4.78 is 16.6. The molecule has 0 spiro atoms. The van der Waals surface area contributed by atoms with Crippen LogP contribution in [-0.4, -0.2) is 39.8 Å². The first kappa shape index (κ1) is 16.7. The lowest BCUT2D eigenvalue weighted by molar-refractivity contribution is -0.0864. The number of hydrogen-bond donors (Lipinski definition) is 2. The number of carboxylic acids is 1. The molecule has 7 nitrogen and oxygen atoms in total. The Morgan fingerprint density at radius 3 is 2.59 bits per heavy atom. The number of carboxylic acid groups (broad SMARTS) is 1. The zero-order chi connectivity index (χ0) is 19.1. The topological polar surface area (TPSA) is 101 Å². The Bertz CT molecular complexity index is 1020. The van der Waals surface area contributed by atoms with Crippen molar-refractivity contribution in [1.29, 1.82) is 0 Å². The van der Waals surface area contributed by atoms with Crippen molar-refractivity contribution in [3.63, 3.8) is 0 Å². The fourth-order valence-corrected chi connectivity index (χ4v) is 4.84. The number of nitrogens with zero attached hydrogens (tertiary/aromatic N) is 3. The molecule has 2 bridgehead atoms. The number of halogens is 1. The molecule has 4 aliphatic rings. The lowest BCUT2D eigenvalue weighted by Gasteiger charge is -2.62. The van der Waals surface area contributed by atoms with Gasteiger partial charge in [0.25, 0.3) is 0 Å². The summed E-state index contributed by atoms with van der Waals surface area (Å²) in [5.74, 6) is -0.857. The van der Waals surface area contributed by atoms with Crippen LogP contribution >= 0.6 is 0 Å². The van der Waals surface area contributed by atoms with E-state index >= 15 is 0 Å². The van der Waals surface area contributed by atoms with Gasteiger partial charge in [-0.1, -0.05) is 6.92 Å². The van der Waals surface area contributed by atoms with Gasteiger partial charge in [0.05, 0.1) is 5.39 Å². The number of pyridine rings is 2. The molecule has 1 saturated heterocycles. The van der Waals surface area contributed by atoms with E-state index in [9.17, 15) is 19.1 Å². The molecular weight excluding hydrogens is 351 g/mol. The third-order valence-corrected chi connectivity index (χ3v) is 6.63. The van der Waals surface area contributed by atoms with E-state index in [0.29, 0.717) is 24.7 Å². The molecule has 3 saturated carbocycles. The molecule has 0 amide bonds. The van der Waals surface area contributed by atoms with Gasteiger partial charge in [0.2, 0.25) is 5.43 Å². The third kappa shape index (κ3) is 2.19. The predicted octanol–water partition coefficient (Wildman–Crippen LogP) is 1.53. The highest BCUT2D eigenvalue weighted by Crippen LogP contribution is 2.62. The summed E-state index contributed by atoms with van der Waals surface area (Å²) in [6.07, 6.45) is 4.24. The van der Waals surface area contributed by atoms with Crippen LogP contribution in [0, 0.1) is 17.7 Å². The summed E-state index contributed by atoms with van der Waals surface area (Å²) in [7, 11) is 0. The Labute approximate surface area is 154 Å². The summed E-state index contributed by atoms with van der Waals surface area (Å²) >= 11 is 0. The standard InChI is InChI=1S/C19H21FN4O3/c1-9-6-23(8-14(9)21)17-13(20)2-11-15(25)12(18(26)27)7-24(16(11)22-17)19-3-10(4-19)5-19/h2,7,9-10,14H,3-6,8,21H2,1H3,(H,26,27)/t9-,10?,14-,19?/m0/s1. The fraction of sp³-hybridized carbons (Fsp3) is 0.526. The Balaban J connectivity index is 1.74. The first-order valence-electron chi connectivity index (χ1n) is 9.29. The quantitative estimate of drug-likeness (QED) is 0.847. The van der Waals surface area contributed by atoms with Gasteiger partial charge in [-0.05, 0) is 37.2 Å². The molecule has 0 radical (unpaired) electrons. The van der Waals surface area contributed by atoms with Crippen LogP contribution in [0.15, 0.2) is 17.1 Å². The minimum atomic E-state index is -1.30. The van der Waals surface area contributed by atoms with Crippen molar-refractivity contribution in [2.75, 3.05) is 18.0 Å². The number of aromatic nitrogens is 2. The van der Waals surface area contributed by atoms with Crippen molar-refractivity contribution in [1.82, 2.24) is 9.55 Å². The Kier molecular flexibility index (Phi) is 3.26. The SMILES string of the molecule is C[C@H]1CN(c2nc3c(cc2F)c(=O)c(C(=O)O)cn3C23CC(C2)C3)C[C@@H]1N. The number of anilines is 1. The van der Waals surface area contributed by atoms with Crippen molar-refractivity contribution in [2.24, 2.45) is 17.6 Å². The number of carbonyl (C=O) groups is 1. The van der Waals surface area contributed by atoms with E-state index in [1.807, 2.05) is 16.4 Å². The van der Waals surface area contributed by atoms with Crippen LogP contribution in [0.4, 0.5) is 10.2 Å². The van der Waals surface area contributed by atoms with Gasteiger partial charge >= 0.3 is 5.97 Å². The maximum Gasteiger partial charge on any atom is 0.341 e. The molecule has 0 unspecified atom stereocenters. The lowest BCUT2D eigenvalue weighted by atomic mass is 9.49. The van der Waals surface area contributed by atoms with Crippen molar-refractivity contribution >= 4 is 22.8 Å². The van der Waals surface area contributed by atoms with E-state index in [4.69, 9.17) is 5.73 Å². The average Bonchev–Trinajstić information content (AvgIpc) is 2.85. The molecule has 1 aliphatic heterocycles. The number of rotatable bonds is 3. The second kappa shape index (κ2) is 5.28. The van der Waals surface area contributed by atoms with Gasteiger partial charge in [-0.2, -0.15) is 0 Å². The van der Waals surface area contributed by atoms with Crippen molar-refractivity contribution in [3.8, 4) is 0 Å². The van der Waals surface area contributed by atoms with E-state index in [2.05, 4.69) is 4.98 Å². The molecule has 6 rings (SSSR count). The summed E-state index contributed by atoms with van der Waals surface area (Å²) in [4.78, 5) is 30.5. The minimum Gasteiger partial charge on any atom is -0.477 e. The van der Waals surface area contributed by atoms with E-state index in [1.54, 1.807) is 0 Å². The zero-order valence-corrected chi connectivity index (χ0v) is 15.0. The van der Waals surface area contributed by atoms with Crippen LogP contribution in [0.3, 0.4) is 0 Å². The number of nitrogens with two attached hydrogens (primary N) is 1. The van der Waals surface area contributed by atoms with E-state index in [-0.39, 0.29) is 34.3 Å². The zero-order valence-electron chi connectivity index (χ0n) is 15.0. The molecule has 3 N–H and O–H groups in total. The van der Waals surface area contributed by atoms with Crippen molar-refractivity contribution in [2.45, 2.75) is 37.8 Å². The first-order chi connectivity index (χ1) is 12.8. The molecule has 8 heteroatoms. The van der Waals surface area contributed by atoms with E-state index in [1.165, 1.54) is 6.20 Å². The van der Waals surface area contributed by atoms with E-state index in [0.717, 1.165) is 25.3 Å². The molecule has 27 heavy (non-hydrogen) atoms. The minimum absolute atomic E-state index is 0.0254. The molecule has 4 fully saturated rings. The van der Waals surface area contributed by atoms with Crippen LogP contribution < -0.4 is 16.1 Å². The molecule has 2 atom stereocenters. The molecule has 0 aromatic carbocycles. The van der Waals surface area contributed by atoms with Gasteiger partial charge in [-0.25, -0.2) is 14.2 Å². The Hall–Kier alpha value is -2.48.